The van der Waals surface area contributed by atoms with Crippen molar-refractivity contribution < 1.29 is 18.0 Å². The quantitative estimate of drug-likeness (QED) is 0.646. The number of amides is 1. The summed E-state index contributed by atoms with van der Waals surface area (Å²) in [5, 5.41) is 4.29. The van der Waals surface area contributed by atoms with E-state index in [0.717, 1.165) is 51.4 Å². The van der Waals surface area contributed by atoms with Crippen LogP contribution in [0.25, 0.3) is 0 Å². The first-order valence-electron chi connectivity index (χ1n) is 12.6. The summed E-state index contributed by atoms with van der Waals surface area (Å²) >= 11 is 0. The molecule has 2 atom stereocenters. The molecule has 1 amide bonds. The van der Waals surface area contributed by atoms with Crippen LogP contribution in [0, 0.1) is 11.3 Å². The minimum absolute atomic E-state index is 0.0931. The number of alkyl halides is 3. The van der Waals surface area contributed by atoms with Crippen LogP contribution in [0.5, 0.6) is 0 Å². The number of hydrogen-bond acceptors (Lipinski definition) is 5. The van der Waals surface area contributed by atoms with Crippen molar-refractivity contribution >= 4 is 5.91 Å². The van der Waals surface area contributed by atoms with Crippen LogP contribution in [0.1, 0.15) is 68.8 Å². The molecule has 2 aliphatic heterocycles. The molecule has 190 valence electrons. The maximum Gasteiger partial charge on any atom is 0.417 e. The van der Waals surface area contributed by atoms with Crippen molar-refractivity contribution in [2.24, 2.45) is 11.3 Å². The number of fused-ring (bicyclic) bond motifs is 1. The molecule has 1 saturated carbocycles. The molecule has 1 saturated heterocycles. The summed E-state index contributed by atoms with van der Waals surface area (Å²) in [4.78, 5) is 26.4. The molecule has 1 unspecified atom stereocenters. The van der Waals surface area contributed by atoms with Gasteiger partial charge in [0.05, 0.1) is 17.0 Å². The maximum absolute atomic E-state index is 13.9. The molecule has 10 heteroatoms. The van der Waals surface area contributed by atoms with Gasteiger partial charge in [-0.25, -0.2) is 9.67 Å². The van der Waals surface area contributed by atoms with Gasteiger partial charge in [0, 0.05) is 50.5 Å². The minimum Gasteiger partial charge on any atom is -0.337 e. The fourth-order valence-electron chi connectivity index (χ4n) is 6.32. The average Bonchev–Trinajstić information content (AvgIpc) is 3.54. The van der Waals surface area contributed by atoms with E-state index in [1.165, 1.54) is 6.07 Å². The van der Waals surface area contributed by atoms with Crippen LogP contribution in [0.15, 0.2) is 24.9 Å². The Morgan fingerprint density at radius 1 is 1.14 bits per heavy atom. The number of pyridine rings is 1. The smallest absolute Gasteiger partial charge is 0.337 e. The van der Waals surface area contributed by atoms with Crippen molar-refractivity contribution in [3.8, 4) is 0 Å². The number of piperidine rings is 1. The fraction of sp³-hybridized carbons (Fsp3) is 0.680. The summed E-state index contributed by atoms with van der Waals surface area (Å²) < 4.78 is 41.6. The van der Waals surface area contributed by atoms with Crippen LogP contribution in [0.4, 0.5) is 13.2 Å². The number of halogens is 3. The Hall–Kier alpha value is -2.49. The number of carbonyl (C=O) groups is 1. The van der Waals surface area contributed by atoms with Gasteiger partial charge in [0.2, 0.25) is 5.91 Å². The number of nitrogens with zero attached hydrogens (tertiary/aromatic N) is 6. The highest BCUT2D eigenvalue weighted by Gasteiger charge is 2.51. The van der Waals surface area contributed by atoms with Crippen molar-refractivity contribution in [2.75, 3.05) is 19.6 Å². The summed E-state index contributed by atoms with van der Waals surface area (Å²) in [6.07, 6.45) is 4.94. The summed E-state index contributed by atoms with van der Waals surface area (Å²) in [5.74, 6) is 0.254. The van der Waals surface area contributed by atoms with Gasteiger partial charge in [-0.15, -0.1) is 0 Å². The molecular formula is C25H33F3N6O. The Morgan fingerprint density at radius 3 is 2.57 bits per heavy atom. The van der Waals surface area contributed by atoms with Gasteiger partial charge in [-0.3, -0.25) is 9.78 Å². The van der Waals surface area contributed by atoms with Crippen LogP contribution < -0.4 is 0 Å². The molecule has 3 aliphatic rings. The second-order valence-electron chi connectivity index (χ2n) is 10.7. The molecule has 2 aromatic rings. The van der Waals surface area contributed by atoms with Gasteiger partial charge in [0.1, 0.15) is 12.7 Å². The van der Waals surface area contributed by atoms with Crippen molar-refractivity contribution in [1.82, 2.24) is 29.5 Å². The molecule has 0 aromatic carbocycles. The van der Waals surface area contributed by atoms with E-state index in [1.54, 1.807) is 17.6 Å². The number of hydrogen-bond donors (Lipinski definition) is 0. The highest BCUT2D eigenvalue weighted by Crippen LogP contribution is 2.48. The average molecular weight is 491 g/mol. The maximum atomic E-state index is 13.9. The lowest BCUT2D eigenvalue weighted by Gasteiger charge is -2.41. The summed E-state index contributed by atoms with van der Waals surface area (Å²) in [6, 6.07) is 1.89. The zero-order valence-corrected chi connectivity index (χ0v) is 20.3. The van der Waals surface area contributed by atoms with Crippen molar-refractivity contribution in [3.63, 3.8) is 0 Å². The lowest BCUT2D eigenvalue weighted by atomic mass is 9.73. The van der Waals surface area contributed by atoms with Gasteiger partial charge in [-0.05, 0) is 49.7 Å². The van der Waals surface area contributed by atoms with Crippen LogP contribution in [-0.4, -0.2) is 61.1 Å². The summed E-state index contributed by atoms with van der Waals surface area (Å²) in [5.41, 5.74) is -0.0393. The number of rotatable bonds is 4. The number of likely N-dealkylation sites (tertiary alicyclic amines) is 1. The predicted octanol–water partition coefficient (Wildman–Crippen LogP) is 4.11. The van der Waals surface area contributed by atoms with Gasteiger partial charge in [0.25, 0.3) is 0 Å². The van der Waals surface area contributed by atoms with Crippen molar-refractivity contribution in [2.45, 2.75) is 77.2 Å². The van der Waals surface area contributed by atoms with E-state index >= 15 is 0 Å². The minimum atomic E-state index is -4.44. The van der Waals surface area contributed by atoms with E-state index in [2.05, 4.69) is 33.8 Å². The summed E-state index contributed by atoms with van der Waals surface area (Å²) in [7, 11) is 0. The van der Waals surface area contributed by atoms with E-state index < -0.39 is 17.2 Å². The van der Waals surface area contributed by atoms with Crippen molar-refractivity contribution in [1.29, 1.82) is 0 Å². The fourth-order valence-corrected chi connectivity index (χ4v) is 6.32. The van der Waals surface area contributed by atoms with Crippen LogP contribution in [0.2, 0.25) is 0 Å². The van der Waals surface area contributed by atoms with Crippen LogP contribution in [-0.2, 0) is 23.9 Å². The monoisotopic (exact) mass is 490 g/mol. The normalized spacial score (nSPS) is 26.3. The van der Waals surface area contributed by atoms with E-state index in [-0.39, 0.29) is 18.4 Å². The van der Waals surface area contributed by atoms with Gasteiger partial charge >= 0.3 is 6.18 Å². The molecular weight excluding hydrogens is 457 g/mol. The van der Waals surface area contributed by atoms with Gasteiger partial charge in [-0.2, -0.15) is 18.3 Å². The molecule has 0 bridgehead atoms. The third kappa shape index (κ3) is 4.57. The highest BCUT2D eigenvalue weighted by molar-refractivity contribution is 5.83. The Morgan fingerprint density at radius 2 is 1.91 bits per heavy atom. The molecule has 7 nitrogen and oxygen atoms in total. The predicted molar refractivity (Wildman–Crippen MR) is 123 cm³/mol. The molecule has 5 rings (SSSR count). The Labute approximate surface area is 203 Å². The molecule has 1 aliphatic carbocycles. The van der Waals surface area contributed by atoms with E-state index in [1.807, 2.05) is 4.68 Å². The largest absolute Gasteiger partial charge is 0.417 e. The van der Waals surface area contributed by atoms with Crippen LogP contribution in [0.3, 0.4) is 0 Å². The third-order valence-electron chi connectivity index (χ3n) is 8.53. The zero-order chi connectivity index (χ0) is 24.8. The second-order valence-corrected chi connectivity index (χ2v) is 10.7. The molecule has 2 aromatic heterocycles. The molecule has 2 fully saturated rings. The highest BCUT2D eigenvalue weighted by atomic mass is 19.4. The molecule has 0 N–H and O–H groups in total. The molecule has 0 spiro atoms. The van der Waals surface area contributed by atoms with Gasteiger partial charge in [-0.1, -0.05) is 13.8 Å². The van der Waals surface area contributed by atoms with Crippen molar-refractivity contribution in [3.05, 3.63) is 41.7 Å². The Balaban J connectivity index is 1.27. The molecule has 35 heavy (non-hydrogen) atoms. The van der Waals surface area contributed by atoms with Gasteiger partial charge in [0.15, 0.2) is 0 Å². The van der Waals surface area contributed by atoms with E-state index in [0.29, 0.717) is 36.3 Å². The van der Waals surface area contributed by atoms with E-state index in [4.69, 9.17) is 0 Å². The second kappa shape index (κ2) is 9.19. The molecule has 0 radical (unpaired) electrons. The van der Waals surface area contributed by atoms with E-state index in [9.17, 15) is 18.0 Å². The molecule has 4 heterocycles. The third-order valence-corrected chi connectivity index (χ3v) is 8.53. The number of aromatic nitrogens is 4. The first-order valence-corrected chi connectivity index (χ1v) is 12.6. The van der Waals surface area contributed by atoms with Gasteiger partial charge < -0.3 is 9.80 Å². The zero-order valence-electron chi connectivity index (χ0n) is 20.3. The topological polar surface area (TPSA) is 67.2 Å². The Kier molecular flexibility index (Phi) is 6.35. The standard InChI is InChI=1S/C25H33F3N6O/c1-17(2)24(7-3-21(12-24)32-8-4-20(5-9-32)34-16-29-15-31-34)23(35)33-10-6-22-18(14-33)11-19(13-30-22)25(26,27)28/h11,13,15-17,20-21H,3-10,12,14H2,1-2H3/t21?,24-/m0/s1. The SMILES string of the molecule is CC(C)[C@]1(C(=O)N2CCc3ncc(C(F)(F)F)cc3C2)CCC(N2CCC(n3cncn3)CC2)C1. The lowest BCUT2D eigenvalue weighted by Crippen LogP contribution is -2.49. The first kappa shape index (κ1) is 24.2. The summed E-state index contributed by atoms with van der Waals surface area (Å²) in [6.45, 7) is 6.87. The lowest BCUT2D eigenvalue weighted by molar-refractivity contribution is -0.146. The Bertz CT molecular complexity index is 1050. The van der Waals surface area contributed by atoms with Crippen LogP contribution >= 0.6 is 0 Å². The first-order chi connectivity index (χ1) is 16.7. The number of carbonyl (C=O) groups excluding carboxylic acids is 1.